The Morgan fingerprint density at radius 3 is 1.81 bits per heavy atom. The lowest BCUT2D eigenvalue weighted by atomic mass is 10.2. The molecule has 0 aliphatic heterocycles. The third-order valence-corrected chi connectivity index (χ3v) is 1.98. The summed E-state index contributed by atoms with van der Waals surface area (Å²) >= 11 is 0. The van der Waals surface area contributed by atoms with Crippen LogP contribution in [0, 0.1) is 0 Å². The van der Waals surface area contributed by atoms with E-state index < -0.39 is 16.3 Å². The Morgan fingerprint density at radius 1 is 1.12 bits per heavy atom. The summed E-state index contributed by atoms with van der Waals surface area (Å²) in [5.74, 6) is -0.977. The first-order valence-corrected chi connectivity index (χ1v) is 6.07. The van der Waals surface area contributed by atoms with Crippen LogP contribution in [0.2, 0.25) is 0 Å². The number of hydrogen-bond donors (Lipinski definition) is 0. The van der Waals surface area contributed by atoms with Gasteiger partial charge in [-0.1, -0.05) is 37.7 Å². The zero-order valence-corrected chi connectivity index (χ0v) is 9.88. The first-order valence-electron chi connectivity index (χ1n) is 4.19. The molecular formula is C9H13F5OS. The number of halogens is 5. The Hall–Kier alpha value is -0.980. The van der Waals surface area contributed by atoms with Gasteiger partial charge in [0.2, 0.25) is 0 Å². The Kier molecular flexibility index (Phi) is 3.30. The summed E-state index contributed by atoms with van der Waals surface area (Å²) < 4.78 is 63.2. The molecule has 0 aromatic rings. The van der Waals surface area contributed by atoms with Crippen LogP contribution in [0.1, 0.15) is 20.8 Å². The molecule has 0 amide bonds. The van der Waals surface area contributed by atoms with Crippen LogP contribution < -0.4 is 0 Å². The van der Waals surface area contributed by atoms with Crippen molar-refractivity contribution in [2.75, 3.05) is 0 Å². The minimum atomic E-state index is -9.92. The van der Waals surface area contributed by atoms with Gasteiger partial charge in [0.15, 0.2) is 0 Å². The Morgan fingerprint density at radius 2 is 1.56 bits per heavy atom. The van der Waals surface area contributed by atoms with Crippen molar-refractivity contribution in [1.29, 1.82) is 0 Å². The molecule has 7 heteroatoms. The van der Waals surface area contributed by atoms with Gasteiger partial charge in [0.05, 0.1) is 0 Å². The van der Waals surface area contributed by atoms with E-state index >= 15 is 0 Å². The minimum Gasteiger partial charge on any atom is -0.354 e. The first-order chi connectivity index (χ1) is 6.74. The Balaban J connectivity index is 5.34. The van der Waals surface area contributed by atoms with E-state index in [-0.39, 0.29) is 5.57 Å². The molecule has 0 aromatic carbocycles. The van der Waals surface area contributed by atoms with Gasteiger partial charge >= 0.3 is 10.5 Å². The molecule has 0 bridgehead atoms. The molecule has 16 heavy (non-hydrogen) atoms. The smallest absolute Gasteiger partial charge is 0.354 e. The SMILES string of the molecule is C=C(C)/C(=C\C(C)=C/C)OS(F)(F)(F)(F)F. The molecule has 0 fully saturated rings. The maximum Gasteiger partial charge on any atom is 0.435 e. The molecule has 0 rings (SSSR count). The maximum atomic E-state index is 12.1. The van der Waals surface area contributed by atoms with Crippen molar-refractivity contribution >= 4 is 10.5 Å². The number of allylic oxidation sites excluding steroid dienone is 4. The van der Waals surface area contributed by atoms with Crippen LogP contribution in [0.25, 0.3) is 0 Å². The summed E-state index contributed by atoms with van der Waals surface area (Å²) in [6.07, 6.45) is 2.32. The summed E-state index contributed by atoms with van der Waals surface area (Å²) in [4.78, 5) is 0. The standard InChI is InChI=1S/C9H13F5OS/c1-5-8(4)6-9(7(2)3)15-16(10,11,12,13)14/h5-6H,2H2,1,3-4H3/b8-5-,9-6+. The fourth-order valence-corrected chi connectivity index (χ4v) is 1.21. The van der Waals surface area contributed by atoms with Gasteiger partial charge in [-0.2, -0.15) is 0 Å². The van der Waals surface area contributed by atoms with E-state index in [2.05, 4.69) is 10.8 Å². The van der Waals surface area contributed by atoms with E-state index in [9.17, 15) is 19.4 Å². The summed E-state index contributed by atoms with van der Waals surface area (Å²) in [6.45, 7) is 7.32. The van der Waals surface area contributed by atoms with E-state index in [0.29, 0.717) is 5.57 Å². The quantitative estimate of drug-likeness (QED) is 0.362. The Bertz CT molecular complexity index is 362. The first kappa shape index (κ1) is 15.0. The van der Waals surface area contributed by atoms with E-state index in [0.717, 1.165) is 13.0 Å². The minimum absolute atomic E-state index is 0.227. The van der Waals surface area contributed by atoms with Crippen LogP contribution >= 0.6 is 10.5 Å². The van der Waals surface area contributed by atoms with Crippen LogP contribution in [0.15, 0.2) is 35.6 Å². The van der Waals surface area contributed by atoms with Crippen molar-refractivity contribution in [1.82, 2.24) is 0 Å². The lowest BCUT2D eigenvalue weighted by Gasteiger charge is -2.40. The van der Waals surface area contributed by atoms with Crippen LogP contribution in [-0.2, 0) is 4.18 Å². The molecule has 0 unspecified atom stereocenters. The summed E-state index contributed by atoms with van der Waals surface area (Å²) in [7, 11) is -9.92. The van der Waals surface area contributed by atoms with Gasteiger partial charge in [0, 0.05) is 0 Å². The predicted octanol–water partition coefficient (Wildman–Crippen LogP) is 5.64. The van der Waals surface area contributed by atoms with Gasteiger partial charge in [-0.25, -0.2) is 0 Å². The third-order valence-electron chi connectivity index (χ3n) is 1.48. The topological polar surface area (TPSA) is 9.23 Å². The zero-order chi connectivity index (χ0) is 13.3. The molecule has 0 atom stereocenters. The molecule has 0 N–H and O–H groups in total. The lowest BCUT2D eigenvalue weighted by Crippen LogP contribution is -2.11. The highest BCUT2D eigenvalue weighted by molar-refractivity contribution is 8.42. The van der Waals surface area contributed by atoms with Crippen molar-refractivity contribution in [3.63, 3.8) is 0 Å². The molecule has 0 aliphatic carbocycles. The number of rotatable bonds is 4. The van der Waals surface area contributed by atoms with E-state index in [1.807, 2.05) is 0 Å². The van der Waals surface area contributed by atoms with Crippen LogP contribution in [0.4, 0.5) is 19.4 Å². The highest BCUT2D eigenvalue weighted by Crippen LogP contribution is 2.99. The van der Waals surface area contributed by atoms with Crippen LogP contribution in [0.3, 0.4) is 0 Å². The predicted molar refractivity (Wildman–Crippen MR) is 56.5 cm³/mol. The molecule has 0 saturated carbocycles. The molecule has 0 spiro atoms. The van der Waals surface area contributed by atoms with Gasteiger partial charge in [0.1, 0.15) is 5.76 Å². The molecule has 0 saturated heterocycles. The second kappa shape index (κ2) is 3.51. The normalized spacial score (nSPS) is 18.8. The van der Waals surface area contributed by atoms with E-state index in [1.54, 1.807) is 6.92 Å². The Labute approximate surface area is 91.2 Å². The van der Waals surface area contributed by atoms with Gasteiger partial charge in [-0.05, 0) is 32.4 Å². The van der Waals surface area contributed by atoms with Crippen LogP contribution in [-0.4, -0.2) is 0 Å². The maximum absolute atomic E-state index is 12.1. The van der Waals surface area contributed by atoms with Crippen molar-refractivity contribution in [3.05, 3.63) is 35.6 Å². The van der Waals surface area contributed by atoms with Gasteiger partial charge in [0.25, 0.3) is 0 Å². The average molecular weight is 264 g/mol. The van der Waals surface area contributed by atoms with Crippen molar-refractivity contribution in [2.45, 2.75) is 20.8 Å². The molecule has 0 heterocycles. The van der Waals surface area contributed by atoms with Crippen molar-refractivity contribution in [3.8, 4) is 0 Å². The monoisotopic (exact) mass is 264 g/mol. The summed E-state index contributed by atoms with van der Waals surface area (Å²) in [5.41, 5.74) is 0.134. The number of hydrogen-bond acceptors (Lipinski definition) is 1. The molecule has 1 nitrogen and oxygen atoms in total. The molecule has 0 aliphatic rings. The zero-order valence-electron chi connectivity index (χ0n) is 9.07. The molecule has 96 valence electrons. The lowest BCUT2D eigenvalue weighted by molar-refractivity contribution is 0.202. The molecule has 0 aromatic heterocycles. The fourth-order valence-electron chi connectivity index (χ4n) is 0.678. The summed E-state index contributed by atoms with van der Waals surface area (Å²) in [5, 5.41) is 0. The fraction of sp³-hybridized carbons (Fsp3) is 0.333. The van der Waals surface area contributed by atoms with Crippen molar-refractivity contribution < 1.29 is 23.6 Å². The highest BCUT2D eigenvalue weighted by atomic mass is 32.5. The molecular weight excluding hydrogens is 251 g/mol. The van der Waals surface area contributed by atoms with Crippen LogP contribution in [0.5, 0.6) is 0 Å². The highest BCUT2D eigenvalue weighted by Gasteiger charge is 2.67. The molecule has 0 radical (unpaired) electrons. The van der Waals surface area contributed by atoms with E-state index in [1.165, 1.54) is 13.0 Å². The van der Waals surface area contributed by atoms with E-state index in [4.69, 9.17) is 0 Å². The van der Waals surface area contributed by atoms with Gasteiger partial charge in [-0.15, -0.1) is 0 Å². The second-order valence-corrected chi connectivity index (χ2v) is 5.27. The largest absolute Gasteiger partial charge is 0.435 e. The third kappa shape index (κ3) is 7.33. The van der Waals surface area contributed by atoms with Crippen molar-refractivity contribution in [2.24, 2.45) is 0 Å². The average Bonchev–Trinajstić information content (AvgIpc) is 1.97. The van der Waals surface area contributed by atoms with Gasteiger partial charge in [-0.3, -0.25) is 0 Å². The summed E-state index contributed by atoms with van der Waals surface area (Å²) in [6, 6.07) is 0. The van der Waals surface area contributed by atoms with Gasteiger partial charge < -0.3 is 4.18 Å². The second-order valence-electron chi connectivity index (χ2n) is 3.30.